The minimum atomic E-state index is -1.14. The number of fused-ring (bicyclic) bond motifs is 1. The third kappa shape index (κ3) is 5.66. The zero-order valence-corrected chi connectivity index (χ0v) is 21.5. The fourth-order valence-corrected chi connectivity index (χ4v) is 7.14. The average Bonchev–Trinajstić information content (AvgIpc) is 3.43. The van der Waals surface area contributed by atoms with Gasteiger partial charge in [0.1, 0.15) is 34.0 Å². The number of aliphatic carboxylic acids is 2. The number of H-pyrrole nitrogens is 1. The Morgan fingerprint density at radius 3 is 2.86 bits per heavy atom. The molecule has 4 rings (SSSR count). The van der Waals surface area contributed by atoms with Gasteiger partial charge in [-0.15, -0.1) is 22.0 Å². The van der Waals surface area contributed by atoms with E-state index < -0.39 is 24.0 Å². The minimum absolute atomic E-state index is 0.0156. The van der Waals surface area contributed by atoms with Crippen LogP contribution in [0.1, 0.15) is 16.5 Å². The first kappa shape index (κ1) is 25.6. The number of hydrogen-bond acceptors (Lipinski definition) is 11. The van der Waals surface area contributed by atoms with Crippen LogP contribution in [0.4, 0.5) is 0 Å². The summed E-state index contributed by atoms with van der Waals surface area (Å²) in [4.78, 5) is 44.6. The maximum Gasteiger partial charge on any atom is 0.352 e. The number of hydrogen-bond donors (Lipinski definition) is 5. The molecule has 0 spiro atoms. The number of rotatable bonds is 10. The number of thioether (sulfide) groups is 2. The van der Waals surface area contributed by atoms with Crippen LogP contribution < -0.4 is 11.1 Å². The lowest BCUT2D eigenvalue weighted by Crippen LogP contribution is -2.70. The molecule has 0 aromatic carbocycles. The van der Waals surface area contributed by atoms with E-state index in [0.29, 0.717) is 33.6 Å². The summed E-state index contributed by atoms with van der Waals surface area (Å²) in [6.07, 6.45) is 1.81. The summed E-state index contributed by atoms with van der Waals surface area (Å²) >= 11 is 9.70. The molecule has 3 atom stereocenters. The standard InChI is InChI=1S/C19H21N7O5S4/c1-7-24-25-19(35-7)34-6-8-5-33-16-13(15(27)26(16)14(8)18(30)31)23-12(32)3-11-21-4-9(22-11)2-10(20)17(28)29/h4,10,13,16H,2-3,5-6,20H2,1H3,(H,21,22)(H,23,32)(H,28,29)(H,30,31)/t10?,13-,16+/m1/s1. The summed E-state index contributed by atoms with van der Waals surface area (Å²) in [6, 6.07) is -1.69. The van der Waals surface area contributed by atoms with Gasteiger partial charge in [-0.1, -0.05) is 35.3 Å². The van der Waals surface area contributed by atoms with Crippen LogP contribution in [0.25, 0.3) is 0 Å². The number of carboxylic acid groups (broad SMARTS) is 2. The fraction of sp³-hybridized carbons (Fsp3) is 0.421. The third-order valence-electron chi connectivity index (χ3n) is 5.21. The summed E-state index contributed by atoms with van der Waals surface area (Å²) in [5.41, 5.74) is 6.78. The second kappa shape index (κ2) is 10.6. The van der Waals surface area contributed by atoms with E-state index in [9.17, 15) is 19.5 Å². The number of aromatic nitrogens is 4. The van der Waals surface area contributed by atoms with Crippen molar-refractivity contribution in [2.45, 2.75) is 41.6 Å². The van der Waals surface area contributed by atoms with Gasteiger partial charge in [-0.2, -0.15) is 0 Å². The predicted octanol–water partition coefficient (Wildman–Crippen LogP) is 0.398. The molecule has 35 heavy (non-hydrogen) atoms. The summed E-state index contributed by atoms with van der Waals surface area (Å²) in [5, 5.41) is 30.2. The molecule has 0 saturated carbocycles. The maximum atomic E-state index is 12.9. The van der Waals surface area contributed by atoms with Crippen molar-refractivity contribution in [2.24, 2.45) is 5.73 Å². The van der Waals surface area contributed by atoms with Crippen molar-refractivity contribution in [3.63, 3.8) is 0 Å². The van der Waals surface area contributed by atoms with Crippen LogP contribution >= 0.6 is 47.1 Å². The SMILES string of the molecule is Cc1nnc(SCC2=C(C(=O)O)N3C(=O)[C@@H](NC(=S)Cc4ncc(CC(N)C(=O)O)[nH]4)[C@@H]3SC2)s1. The van der Waals surface area contributed by atoms with Crippen LogP contribution in [0.3, 0.4) is 0 Å². The lowest BCUT2D eigenvalue weighted by atomic mass is 10.0. The van der Waals surface area contributed by atoms with Gasteiger partial charge in [0, 0.05) is 29.8 Å². The molecule has 2 aromatic heterocycles. The molecule has 1 unspecified atom stereocenters. The Kier molecular flexibility index (Phi) is 7.75. The Morgan fingerprint density at radius 2 is 2.20 bits per heavy atom. The van der Waals surface area contributed by atoms with Gasteiger partial charge in [0.25, 0.3) is 5.91 Å². The quantitative estimate of drug-likeness (QED) is 0.154. The van der Waals surface area contributed by atoms with E-state index in [1.165, 1.54) is 46.0 Å². The smallest absolute Gasteiger partial charge is 0.352 e. The van der Waals surface area contributed by atoms with Crippen LogP contribution in [0.2, 0.25) is 0 Å². The molecule has 1 saturated heterocycles. The number of nitrogens with two attached hydrogens (primary N) is 1. The molecule has 16 heteroatoms. The van der Waals surface area contributed by atoms with Crippen LogP contribution in [0.15, 0.2) is 21.8 Å². The number of aromatic amines is 1. The lowest BCUT2D eigenvalue weighted by molar-refractivity contribution is -0.148. The number of β-lactam (4-membered cyclic amide) rings is 1. The van der Waals surface area contributed by atoms with Crippen LogP contribution in [0, 0.1) is 6.92 Å². The monoisotopic (exact) mass is 555 g/mol. The molecule has 12 nitrogen and oxygen atoms in total. The van der Waals surface area contributed by atoms with E-state index >= 15 is 0 Å². The summed E-state index contributed by atoms with van der Waals surface area (Å²) in [6.45, 7) is 1.85. The number of nitrogens with zero attached hydrogens (tertiary/aromatic N) is 4. The molecular weight excluding hydrogens is 535 g/mol. The number of carbonyl (C=O) groups is 3. The van der Waals surface area contributed by atoms with Crippen molar-refractivity contribution in [1.29, 1.82) is 0 Å². The first-order valence-corrected chi connectivity index (χ1v) is 13.5. The van der Waals surface area contributed by atoms with Crippen molar-refractivity contribution in [2.75, 3.05) is 11.5 Å². The van der Waals surface area contributed by atoms with Crippen molar-refractivity contribution in [1.82, 2.24) is 30.4 Å². The predicted molar refractivity (Wildman–Crippen MR) is 134 cm³/mol. The van der Waals surface area contributed by atoms with Gasteiger partial charge in [-0.25, -0.2) is 9.78 Å². The number of nitrogens with one attached hydrogen (secondary N) is 2. The Hall–Kier alpha value is -2.53. The molecule has 6 N–H and O–H groups in total. The molecule has 1 amide bonds. The van der Waals surface area contributed by atoms with Crippen molar-refractivity contribution in [3.05, 3.63) is 34.0 Å². The molecule has 4 heterocycles. The van der Waals surface area contributed by atoms with Crippen LogP contribution in [-0.4, -0.2) is 87.1 Å². The fourth-order valence-electron chi connectivity index (χ4n) is 3.58. The zero-order chi connectivity index (χ0) is 25.3. The van der Waals surface area contributed by atoms with Gasteiger partial charge in [0.15, 0.2) is 4.34 Å². The number of aryl methyl sites for hydroxylation is 1. The van der Waals surface area contributed by atoms with Gasteiger partial charge >= 0.3 is 11.9 Å². The highest BCUT2D eigenvalue weighted by Crippen LogP contribution is 2.41. The van der Waals surface area contributed by atoms with Gasteiger partial charge in [-0.3, -0.25) is 14.5 Å². The normalized spacial score (nSPS) is 20.3. The van der Waals surface area contributed by atoms with E-state index in [-0.39, 0.29) is 29.8 Å². The van der Waals surface area contributed by atoms with E-state index in [4.69, 9.17) is 23.1 Å². The molecule has 186 valence electrons. The summed E-state index contributed by atoms with van der Waals surface area (Å²) < 4.78 is 0.748. The van der Waals surface area contributed by atoms with Crippen LogP contribution in [0.5, 0.6) is 0 Å². The highest BCUT2D eigenvalue weighted by atomic mass is 32.2. The molecule has 1 fully saturated rings. The highest BCUT2D eigenvalue weighted by Gasteiger charge is 2.53. The Labute approximate surface area is 217 Å². The first-order valence-electron chi connectivity index (χ1n) is 10.3. The second-order valence-corrected chi connectivity index (χ2v) is 11.8. The second-order valence-electron chi connectivity index (χ2n) is 7.77. The molecule has 0 aliphatic carbocycles. The Balaban J connectivity index is 1.36. The summed E-state index contributed by atoms with van der Waals surface area (Å²) in [7, 11) is 0. The number of imidazole rings is 1. The Bertz CT molecular complexity index is 1210. The van der Waals surface area contributed by atoms with E-state index in [2.05, 4.69) is 25.5 Å². The molecule has 0 radical (unpaired) electrons. The molecule has 2 aliphatic heterocycles. The number of amides is 1. The first-order chi connectivity index (χ1) is 16.6. The van der Waals surface area contributed by atoms with Gasteiger partial charge in [0.2, 0.25) is 0 Å². The molecular formula is C19H21N7O5S4. The van der Waals surface area contributed by atoms with E-state index in [0.717, 1.165) is 9.35 Å². The lowest BCUT2D eigenvalue weighted by Gasteiger charge is -2.49. The number of carboxylic acids is 2. The molecule has 2 aromatic rings. The summed E-state index contributed by atoms with van der Waals surface area (Å²) in [5.74, 6) is -1.23. The Morgan fingerprint density at radius 1 is 1.43 bits per heavy atom. The van der Waals surface area contributed by atoms with Gasteiger partial charge in [-0.05, 0) is 12.5 Å². The topological polar surface area (TPSA) is 187 Å². The van der Waals surface area contributed by atoms with Crippen molar-refractivity contribution < 1.29 is 24.6 Å². The highest BCUT2D eigenvalue weighted by molar-refractivity contribution is 8.01. The van der Waals surface area contributed by atoms with Crippen molar-refractivity contribution in [3.8, 4) is 0 Å². The number of carbonyl (C=O) groups excluding carboxylic acids is 1. The minimum Gasteiger partial charge on any atom is -0.480 e. The molecule has 0 bridgehead atoms. The largest absolute Gasteiger partial charge is 0.480 e. The van der Waals surface area contributed by atoms with E-state index in [1.54, 1.807) is 0 Å². The molecule has 2 aliphatic rings. The third-order valence-corrected chi connectivity index (χ3v) is 8.87. The van der Waals surface area contributed by atoms with Gasteiger partial charge < -0.3 is 26.2 Å². The van der Waals surface area contributed by atoms with Crippen molar-refractivity contribution >= 4 is 69.9 Å². The average molecular weight is 556 g/mol. The zero-order valence-electron chi connectivity index (χ0n) is 18.3. The number of thiocarbonyl (C=S) groups is 1. The van der Waals surface area contributed by atoms with Crippen LogP contribution in [-0.2, 0) is 27.2 Å². The van der Waals surface area contributed by atoms with Gasteiger partial charge in [0.05, 0.1) is 11.4 Å². The van der Waals surface area contributed by atoms with E-state index in [1.807, 2.05) is 6.92 Å². The maximum absolute atomic E-state index is 12.9.